The summed E-state index contributed by atoms with van der Waals surface area (Å²) in [6, 6.07) is 20.0. The van der Waals surface area contributed by atoms with Crippen LogP contribution in [0.3, 0.4) is 0 Å². The zero-order valence-electron chi connectivity index (χ0n) is 13.0. The number of benzene rings is 2. The monoisotopic (exact) mass is 321 g/mol. The third kappa shape index (κ3) is 5.11. The lowest BCUT2D eigenvalue weighted by atomic mass is 10.0. The second-order valence-electron chi connectivity index (χ2n) is 5.32. The van der Waals surface area contributed by atoms with Crippen molar-refractivity contribution in [3.63, 3.8) is 0 Å². The fourth-order valence-electron chi connectivity index (χ4n) is 2.46. The van der Waals surface area contributed by atoms with Gasteiger partial charge in [0.1, 0.15) is 24.8 Å². The molecule has 22 heavy (non-hydrogen) atoms. The number of nitrogens with two attached hydrogens (primary N) is 1. The summed E-state index contributed by atoms with van der Waals surface area (Å²) in [5.74, 6) is 0. The molecule has 0 aliphatic heterocycles. The van der Waals surface area contributed by atoms with Gasteiger partial charge in [-0.3, -0.25) is 0 Å². The Labute approximate surface area is 138 Å². The summed E-state index contributed by atoms with van der Waals surface area (Å²) in [6.07, 6.45) is -0.434. The van der Waals surface area contributed by atoms with Gasteiger partial charge in [-0.1, -0.05) is 60.7 Å². The van der Waals surface area contributed by atoms with E-state index in [0.29, 0.717) is 0 Å². The molecule has 0 bridgehead atoms. The Morgan fingerprint density at radius 1 is 0.955 bits per heavy atom. The predicted molar refractivity (Wildman–Crippen MR) is 83.8 cm³/mol. The molecule has 2 rings (SSSR count). The minimum atomic E-state index is -0.473. The van der Waals surface area contributed by atoms with E-state index in [9.17, 15) is 5.11 Å². The molecule has 3 atom stereocenters. The summed E-state index contributed by atoms with van der Waals surface area (Å²) in [7, 11) is 1.73. The van der Waals surface area contributed by atoms with Gasteiger partial charge in [-0.2, -0.15) is 0 Å². The lowest BCUT2D eigenvalue weighted by molar-refractivity contribution is -0.700. The topological polar surface area (TPSA) is 46.1 Å². The number of quaternary nitrogens is 1. The van der Waals surface area contributed by atoms with Crippen molar-refractivity contribution in [2.75, 3.05) is 13.7 Å². The van der Waals surface area contributed by atoms with Crippen molar-refractivity contribution in [1.29, 1.82) is 0 Å². The number of methoxy groups -OCH3 is 1. The van der Waals surface area contributed by atoms with E-state index in [1.54, 1.807) is 7.11 Å². The maximum atomic E-state index is 10.4. The molecule has 0 saturated heterocycles. The Morgan fingerprint density at radius 3 is 1.95 bits per heavy atom. The van der Waals surface area contributed by atoms with Gasteiger partial charge in [0.25, 0.3) is 0 Å². The highest BCUT2D eigenvalue weighted by Gasteiger charge is 2.21. The quantitative estimate of drug-likeness (QED) is 0.692. The molecule has 0 saturated carbocycles. The molecule has 3 unspecified atom stereocenters. The van der Waals surface area contributed by atoms with Crippen LogP contribution in [0.2, 0.25) is 0 Å². The number of hydrogen-bond acceptors (Lipinski definition) is 2. The fourth-order valence-corrected chi connectivity index (χ4v) is 2.46. The summed E-state index contributed by atoms with van der Waals surface area (Å²) in [5, 5.41) is 12.5. The van der Waals surface area contributed by atoms with Gasteiger partial charge in [0.05, 0.1) is 0 Å². The first kappa shape index (κ1) is 18.7. The van der Waals surface area contributed by atoms with Gasteiger partial charge in [0.2, 0.25) is 0 Å². The minimum Gasteiger partial charge on any atom is -1.00 e. The Balaban J connectivity index is 0.00000242. The summed E-state index contributed by atoms with van der Waals surface area (Å²) in [5.41, 5.74) is 2.12. The number of hydrogen-bond donors (Lipinski definition) is 2. The van der Waals surface area contributed by atoms with Gasteiger partial charge in [-0.05, 0) is 18.1 Å². The molecule has 0 amide bonds. The second-order valence-corrected chi connectivity index (χ2v) is 5.32. The van der Waals surface area contributed by atoms with E-state index in [-0.39, 0.29) is 24.6 Å². The van der Waals surface area contributed by atoms with E-state index in [2.05, 4.69) is 17.4 Å². The van der Waals surface area contributed by atoms with Crippen LogP contribution in [-0.4, -0.2) is 24.8 Å². The van der Waals surface area contributed by atoms with Crippen molar-refractivity contribution >= 4 is 0 Å². The van der Waals surface area contributed by atoms with E-state index in [4.69, 9.17) is 4.74 Å². The Bertz CT molecular complexity index is 521. The molecular weight excluding hydrogens is 298 g/mol. The van der Waals surface area contributed by atoms with Crippen LogP contribution in [-0.2, 0) is 4.74 Å². The highest BCUT2D eigenvalue weighted by molar-refractivity contribution is 5.18. The highest BCUT2D eigenvalue weighted by Crippen LogP contribution is 2.16. The van der Waals surface area contributed by atoms with Gasteiger partial charge in [0, 0.05) is 7.11 Å². The van der Waals surface area contributed by atoms with Crippen LogP contribution in [0.25, 0.3) is 0 Å². The SMILES string of the molecule is COC(C[NH2+]C(C)C(O)c1ccccc1)c1ccccc1.[Cl-]. The molecule has 0 heterocycles. The molecule has 0 radical (unpaired) electrons. The normalized spacial score (nSPS) is 14.7. The molecule has 2 aromatic rings. The number of halogens is 1. The van der Waals surface area contributed by atoms with Crippen LogP contribution >= 0.6 is 0 Å². The van der Waals surface area contributed by atoms with Crippen LogP contribution in [0.15, 0.2) is 60.7 Å². The first-order valence-electron chi connectivity index (χ1n) is 7.36. The molecular formula is C18H24ClNO2. The van der Waals surface area contributed by atoms with Crippen LogP contribution in [0.4, 0.5) is 0 Å². The molecule has 0 aromatic heterocycles. The van der Waals surface area contributed by atoms with E-state index < -0.39 is 6.10 Å². The van der Waals surface area contributed by atoms with Gasteiger partial charge < -0.3 is 27.6 Å². The first-order valence-corrected chi connectivity index (χ1v) is 7.36. The van der Waals surface area contributed by atoms with Crippen LogP contribution in [0, 0.1) is 0 Å². The Morgan fingerprint density at radius 2 is 1.45 bits per heavy atom. The van der Waals surface area contributed by atoms with E-state index in [1.165, 1.54) is 0 Å². The molecule has 0 spiro atoms. The van der Waals surface area contributed by atoms with Crippen LogP contribution in [0.1, 0.15) is 30.3 Å². The standard InChI is InChI=1S/C18H23NO2.ClH/c1-14(18(20)16-11-7-4-8-12-16)19-13-17(21-2)15-9-5-3-6-10-15;/h3-12,14,17-20H,13H2,1-2H3;1H. The lowest BCUT2D eigenvalue weighted by Crippen LogP contribution is -3.00. The zero-order valence-corrected chi connectivity index (χ0v) is 13.8. The molecule has 0 aliphatic rings. The maximum Gasteiger partial charge on any atom is 0.131 e. The van der Waals surface area contributed by atoms with E-state index in [1.807, 2.05) is 55.5 Å². The van der Waals surface area contributed by atoms with Crippen LogP contribution in [0.5, 0.6) is 0 Å². The maximum absolute atomic E-state index is 10.4. The Kier molecular flexibility index (Phi) is 8.13. The van der Waals surface area contributed by atoms with Crippen molar-refractivity contribution in [3.8, 4) is 0 Å². The summed E-state index contributed by atoms with van der Waals surface area (Å²) < 4.78 is 5.56. The smallest absolute Gasteiger partial charge is 0.131 e. The van der Waals surface area contributed by atoms with Gasteiger partial charge in [-0.25, -0.2) is 0 Å². The predicted octanol–water partition coefficient (Wildman–Crippen LogP) is -0.936. The van der Waals surface area contributed by atoms with Crippen molar-refractivity contribution in [2.24, 2.45) is 0 Å². The summed E-state index contributed by atoms with van der Waals surface area (Å²) >= 11 is 0. The van der Waals surface area contributed by atoms with Gasteiger partial charge in [0.15, 0.2) is 0 Å². The third-order valence-electron chi connectivity index (χ3n) is 3.82. The van der Waals surface area contributed by atoms with E-state index >= 15 is 0 Å². The second kappa shape index (κ2) is 9.59. The Hall–Kier alpha value is -1.39. The largest absolute Gasteiger partial charge is 1.00 e. The highest BCUT2D eigenvalue weighted by atomic mass is 35.5. The zero-order chi connectivity index (χ0) is 15.1. The summed E-state index contributed by atoms with van der Waals surface area (Å²) in [6.45, 7) is 2.82. The molecule has 2 aromatic carbocycles. The average Bonchev–Trinajstić information content (AvgIpc) is 2.56. The fraction of sp³-hybridized carbons (Fsp3) is 0.333. The molecule has 120 valence electrons. The lowest BCUT2D eigenvalue weighted by Gasteiger charge is -2.21. The molecule has 4 heteroatoms. The van der Waals surface area contributed by atoms with E-state index in [0.717, 1.165) is 17.7 Å². The molecule has 3 nitrogen and oxygen atoms in total. The van der Waals surface area contributed by atoms with Gasteiger partial charge in [-0.15, -0.1) is 0 Å². The van der Waals surface area contributed by atoms with Crippen molar-refractivity contribution in [3.05, 3.63) is 71.8 Å². The van der Waals surface area contributed by atoms with Crippen molar-refractivity contribution < 1.29 is 27.6 Å². The number of aliphatic hydroxyl groups is 1. The summed E-state index contributed by atoms with van der Waals surface area (Å²) in [4.78, 5) is 0. The molecule has 3 N–H and O–H groups in total. The minimum absolute atomic E-state index is 0. The molecule has 0 aliphatic carbocycles. The average molecular weight is 322 g/mol. The number of rotatable bonds is 7. The van der Waals surface area contributed by atoms with Crippen LogP contribution < -0.4 is 17.7 Å². The third-order valence-corrected chi connectivity index (χ3v) is 3.82. The number of ether oxygens (including phenoxy) is 1. The number of aliphatic hydroxyl groups excluding tert-OH is 1. The van der Waals surface area contributed by atoms with Crippen molar-refractivity contribution in [1.82, 2.24) is 0 Å². The van der Waals surface area contributed by atoms with Crippen molar-refractivity contribution in [2.45, 2.75) is 25.2 Å². The first-order chi connectivity index (χ1) is 10.2. The van der Waals surface area contributed by atoms with Gasteiger partial charge >= 0.3 is 0 Å². The molecule has 0 fully saturated rings.